The van der Waals surface area contributed by atoms with Crippen LogP contribution in [0.3, 0.4) is 0 Å². The first-order valence-electron chi connectivity index (χ1n) is 14.3. The van der Waals surface area contributed by atoms with Crippen LogP contribution in [0.4, 0.5) is 0 Å². The van der Waals surface area contributed by atoms with Crippen molar-refractivity contribution in [2.75, 3.05) is 0 Å². The molecule has 7 rings (SSSR count). The summed E-state index contributed by atoms with van der Waals surface area (Å²) < 4.78 is 0. The van der Waals surface area contributed by atoms with Gasteiger partial charge < -0.3 is 0 Å². The van der Waals surface area contributed by atoms with Gasteiger partial charge >= 0.3 is 0 Å². The molecule has 1 atom stereocenters. The predicted octanol–water partition coefficient (Wildman–Crippen LogP) is 9.88. The third-order valence-electron chi connectivity index (χ3n) is 7.65. The number of hydrogen-bond acceptors (Lipinski definition) is 3. The van der Waals surface area contributed by atoms with E-state index >= 15 is 0 Å². The van der Waals surface area contributed by atoms with E-state index in [0.717, 1.165) is 62.4 Å². The van der Waals surface area contributed by atoms with Crippen LogP contribution in [0.1, 0.15) is 18.0 Å². The van der Waals surface area contributed by atoms with Gasteiger partial charge in [-0.3, -0.25) is 9.98 Å². The summed E-state index contributed by atoms with van der Waals surface area (Å²) in [6.07, 6.45) is 8.95. The van der Waals surface area contributed by atoms with Crippen molar-refractivity contribution < 1.29 is 0 Å². The van der Waals surface area contributed by atoms with Crippen LogP contribution in [0, 0.1) is 0 Å². The van der Waals surface area contributed by atoms with Crippen LogP contribution in [0.25, 0.3) is 56.0 Å². The van der Waals surface area contributed by atoms with Crippen LogP contribution in [-0.4, -0.2) is 16.2 Å². The van der Waals surface area contributed by atoms with Crippen LogP contribution in [0.5, 0.6) is 0 Å². The van der Waals surface area contributed by atoms with E-state index in [1.807, 2.05) is 36.7 Å². The van der Waals surface area contributed by atoms with Crippen LogP contribution in [0.15, 0.2) is 157 Å². The minimum Gasteiger partial charge on any atom is -0.285 e. The summed E-state index contributed by atoms with van der Waals surface area (Å²) in [4.78, 5) is 14.8. The fraction of sp³-hybridized carbons (Fsp3) is 0.0513. The van der Waals surface area contributed by atoms with Crippen molar-refractivity contribution in [1.82, 2.24) is 9.97 Å². The highest BCUT2D eigenvalue weighted by atomic mass is 14.8. The summed E-state index contributed by atoms with van der Waals surface area (Å²) in [7, 11) is 0. The number of rotatable bonds is 6. The summed E-state index contributed by atoms with van der Waals surface area (Å²) in [5.74, 6) is 0. The third-order valence-corrected chi connectivity index (χ3v) is 7.65. The highest BCUT2D eigenvalue weighted by Gasteiger charge is 2.16. The zero-order valence-electron chi connectivity index (χ0n) is 23.1. The lowest BCUT2D eigenvalue weighted by Gasteiger charge is -2.17. The van der Waals surface area contributed by atoms with Gasteiger partial charge in [0, 0.05) is 34.7 Å². The molecule has 3 nitrogen and oxygen atoms in total. The Morgan fingerprint density at radius 1 is 0.476 bits per heavy atom. The minimum absolute atomic E-state index is 0.0707. The van der Waals surface area contributed by atoms with Crippen molar-refractivity contribution in [2.45, 2.75) is 12.5 Å². The summed E-state index contributed by atoms with van der Waals surface area (Å²) in [5.41, 5.74) is 11.8. The average Bonchev–Trinajstić information content (AvgIpc) is 3.09. The summed E-state index contributed by atoms with van der Waals surface area (Å²) in [6.45, 7) is 0. The zero-order valence-corrected chi connectivity index (χ0v) is 23.1. The molecule has 1 unspecified atom stereocenters. The Morgan fingerprint density at radius 2 is 1.07 bits per heavy atom. The van der Waals surface area contributed by atoms with E-state index in [1.54, 1.807) is 0 Å². The summed E-state index contributed by atoms with van der Waals surface area (Å²) in [5, 5.41) is 0. The number of aromatic nitrogens is 2. The quantitative estimate of drug-likeness (QED) is 0.211. The topological polar surface area (TPSA) is 38.1 Å². The highest BCUT2D eigenvalue weighted by Crippen LogP contribution is 2.36. The van der Waals surface area contributed by atoms with Gasteiger partial charge in [0.1, 0.15) is 0 Å². The second kappa shape index (κ2) is 11.6. The highest BCUT2D eigenvalue weighted by molar-refractivity contribution is 5.80. The number of dihydropyridines is 1. The van der Waals surface area contributed by atoms with E-state index in [4.69, 9.17) is 15.0 Å². The van der Waals surface area contributed by atoms with Gasteiger partial charge in [-0.1, -0.05) is 103 Å². The Kier molecular flexibility index (Phi) is 7.06. The molecule has 3 heterocycles. The molecule has 2 aromatic heterocycles. The standard InChI is InChI=1S/C39H29N3/c1-4-12-28(13-5-1)31-19-20-37(41-27-31)35-23-32(22-34(24-35)36-18-10-11-21-40-36)33-25-38(29-14-6-2-7-15-29)42-39(26-33)30-16-8-3-9-17-30/h1-17,19-27,36H,18H2. The number of nitrogens with zero attached hydrogens (tertiary/aromatic N) is 3. The summed E-state index contributed by atoms with van der Waals surface area (Å²) in [6, 6.07) is 46.6. The number of benzene rings is 4. The maximum Gasteiger partial charge on any atom is 0.0783 e. The molecule has 0 saturated heterocycles. The molecule has 0 bridgehead atoms. The van der Waals surface area contributed by atoms with E-state index < -0.39 is 0 Å². The molecule has 0 radical (unpaired) electrons. The molecule has 1 aliphatic rings. The molecule has 0 spiro atoms. The number of hydrogen-bond donors (Lipinski definition) is 0. The largest absolute Gasteiger partial charge is 0.285 e. The van der Waals surface area contributed by atoms with E-state index in [-0.39, 0.29) is 6.04 Å². The number of pyridine rings is 2. The molecule has 4 aromatic carbocycles. The Labute approximate surface area is 246 Å². The van der Waals surface area contributed by atoms with Gasteiger partial charge in [0.25, 0.3) is 0 Å². The van der Waals surface area contributed by atoms with Gasteiger partial charge in [-0.05, 0) is 71.1 Å². The van der Waals surface area contributed by atoms with Gasteiger partial charge in [0.15, 0.2) is 0 Å². The lowest BCUT2D eigenvalue weighted by atomic mass is 9.92. The first kappa shape index (κ1) is 25.6. The van der Waals surface area contributed by atoms with Gasteiger partial charge in [0.05, 0.1) is 23.1 Å². The molecule has 0 N–H and O–H groups in total. The first-order chi connectivity index (χ1) is 20.8. The van der Waals surface area contributed by atoms with Crippen LogP contribution in [-0.2, 0) is 0 Å². The van der Waals surface area contributed by atoms with Crippen molar-refractivity contribution >= 4 is 6.21 Å². The third kappa shape index (κ3) is 5.45. The van der Waals surface area contributed by atoms with E-state index in [0.29, 0.717) is 0 Å². The SMILES string of the molecule is C1=CCC(c2cc(-c3cc(-c4ccccc4)nc(-c4ccccc4)c3)cc(-c3ccc(-c4ccccc4)cn3)c2)N=C1. The van der Waals surface area contributed by atoms with Gasteiger partial charge in [0.2, 0.25) is 0 Å². The molecule has 42 heavy (non-hydrogen) atoms. The molecule has 200 valence electrons. The monoisotopic (exact) mass is 539 g/mol. The Morgan fingerprint density at radius 3 is 1.64 bits per heavy atom. The van der Waals surface area contributed by atoms with Crippen LogP contribution in [0.2, 0.25) is 0 Å². The smallest absolute Gasteiger partial charge is 0.0783 e. The molecular weight excluding hydrogens is 510 g/mol. The van der Waals surface area contributed by atoms with Gasteiger partial charge in [-0.15, -0.1) is 0 Å². The zero-order chi connectivity index (χ0) is 28.1. The fourth-order valence-corrected chi connectivity index (χ4v) is 5.44. The van der Waals surface area contributed by atoms with E-state index in [9.17, 15) is 0 Å². The normalized spacial score (nSPS) is 14.1. The van der Waals surface area contributed by atoms with Crippen molar-refractivity contribution in [3.63, 3.8) is 0 Å². The van der Waals surface area contributed by atoms with Crippen LogP contribution < -0.4 is 0 Å². The molecule has 0 amide bonds. The fourth-order valence-electron chi connectivity index (χ4n) is 5.44. The second-order valence-corrected chi connectivity index (χ2v) is 10.5. The molecular formula is C39H29N3. The van der Waals surface area contributed by atoms with Gasteiger partial charge in [-0.2, -0.15) is 0 Å². The van der Waals surface area contributed by atoms with Crippen molar-refractivity contribution in [3.05, 3.63) is 157 Å². The maximum absolute atomic E-state index is 5.09. The minimum atomic E-state index is 0.0707. The number of aliphatic imine (C=N–C) groups is 1. The predicted molar refractivity (Wildman–Crippen MR) is 174 cm³/mol. The Bertz CT molecular complexity index is 1820. The van der Waals surface area contributed by atoms with Gasteiger partial charge in [-0.25, -0.2) is 4.98 Å². The summed E-state index contributed by atoms with van der Waals surface area (Å²) >= 11 is 0. The molecule has 0 saturated carbocycles. The maximum atomic E-state index is 5.09. The average molecular weight is 540 g/mol. The molecule has 0 fully saturated rings. The van der Waals surface area contributed by atoms with E-state index in [2.05, 4.69) is 121 Å². The molecule has 0 aliphatic carbocycles. The van der Waals surface area contributed by atoms with E-state index in [1.165, 1.54) is 5.56 Å². The molecule has 3 heteroatoms. The second-order valence-electron chi connectivity index (χ2n) is 10.5. The van der Waals surface area contributed by atoms with Crippen molar-refractivity contribution in [1.29, 1.82) is 0 Å². The van der Waals surface area contributed by atoms with Crippen molar-refractivity contribution in [3.8, 4) is 56.0 Å². The lowest BCUT2D eigenvalue weighted by Crippen LogP contribution is -2.00. The molecule has 1 aliphatic heterocycles. The first-order valence-corrected chi connectivity index (χ1v) is 14.3. The lowest BCUT2D eigenvalue weighted by molar-refractivity contribution is 0.741. The van der Waals surface area contributed by atoms with Crippen LogP contribution >= 0.6 is 0 Å². The molecule has 6 aromatic rings. The van der Waals surface area contributed by atoms with Crippen molar-refractivity contribution in [2.24, 2.45) is 4.99 Å². The Balaban J connectivity index is 1.37. The number of allylic oxidation sites excluding steroid dienone is 1. The Hall–Kier alpha value is -5.41.